The Balaban J connectivity index is 2.20. The highest BCUT2D eigenvalue weighted by Crippen LogP contribution is 2.30. The lowest BCUT2D eigenvalue weighted by Crippen LogP contribution is -2.42. The number of nitrogens with two attached hydrogens (primary N) is 1. The molecule has 0 aromatic rings. The van der Waals surface area contributed by atoms with Gasteiger partial charge in [0.1, 0.15) is 17.4 Å². The van der Waals surface area contributed by atoms with Crippen LogP contribution in [0.25, 0.3) is 0 Å². The van der Waals surface area contributed by atoms with Gasteiger partial charge in [0, 0.05) is 6.42 Å². The van der Waals surface area contributed by atoms with Crippen molar-refractivity contribution >= 4 is 17.4 Å². The smallest absolute Gasteiger partial charge is 0.174 e. The molecule has 0 saturated heterocycles. The summed E-state index contributed by atoms with van der Waals surface area (Å²) in [6.07, 6.45) is -3.44. The summed E-state index contributed by atoms with van der Waals surface area (Å²) in [6, 6.07) is -0.718. The predicted molar refractivity (Wildman–Crippen MR) is 57.9 cm³/mol. The molecule has 1 aliphatic carbocycles. The second-order valence-electron chi connectivity index (χ2n) is 3.93. The topological polar surface area (TPSA) is 139 Å². The Morgan fingerprint density at radius 1 is 1.41 bits per heavy atom. The van der Waals surface area contributed by atoms with Crippen LogP contribution in [-0.2, 0) is 0 Å². The Bertz CT molecular complexity index is 408. The van der Waals surface area contributed by atoms with E-state index in [1.54, 1.807) is 0 Å². The number of hydrogen-bond donors (Lipinski definition) is 5. The van der Waals surface area contributed by atoms with Gasteiger partial charge in [0.05, 0.1) is 12.1 Å². The van der Waals surface area contributed by atoms with Gasteiger partial charge in [0.15, 0.2) is 11.5 Å². The number of nitrogens with zero attached hydrogens (tertiary/aromatic N) is 3. The lowest BCUT2D eigenvalue weighted by atomic mass is 10.2. The third kappa shape index (κ3) is 1.89. The van der Waals surface area contributed by atoms with Crippen LogP contribution in [0.3, 0.4) is 0 Å². The van der Waals surface area contributed by atoms with Crippen molar-refractivity contribution in [2.24, 2.45) is 16.1 Å². The van der Waals surface area contributed by atoms with Crippen molar-refractivity contribution in [1.82, 2.24) is 5.01 Å². The predicted octanol–water partition coefficient (Wildman–Crippen LogP) is -1.13. The van der Waals surface area contributed by atoms with Crippen LogP contribution in [0.2, 0.25) is 0 Å². The zero-order valence-corrected chi connectivity index (χ0v) is 9.41. The molecule has 2 rings (SSSR count). The molecular weight excluding hydrogens is 250 g/mol. The van der Waals surface area contributed by atoms with Gasteiger partial charge in [-0.05, 0) is 0 Å². The van der Waals surface area contributed by atoms with E-state index >= 15 is 0 Å². The minimum atomic E-state index is -1.26. The number of rotatable bonds is 1. The number of hydrogen-bond acceptors (Lipinski definition) is 7. The molecule has 94 valence electrons. The van der Waals surface area contributed by atoms with Gasteiger partial charge >= 0.3 is 0 Å². The quantitative estimate of drug-likeness (QED) is 0.380. The number of aliphatic hydroxyl groups is 3. The first kappa shape index (κ1) is 12.2. The average molecular weight is 262 g/mol. The molecule has 1 aliphatic heterocycles. The molecule has 9 heteroatoms. The van der Waals surface area contributed by atoms with E-state index in [4.69, 9.17) is 22.7 Å². The normalized spacial score (nSPS) is 40.2. The molecule has 0 aromatic heterocycles. The van der Waals surface area contributed by atoms with Gasteiger partial charge in [-0.3, -0.25) is 5.41 Å². The number of halogens is 1. The number of nitrogens with one attached hydrogen (secondary N) is 1. The summed E-state index contributed by atoms with van der Waals surface area (Å²) < 4.78 is 0. The minimum Gasteiger partial charge on any atom is -0.390 e. The van der Waals surface area contributed by atoms with Crippen LogP contribution in [0.15, 0.2) is 21.2 Å². The van der Waals surface area contributed by atoms with E-state index in [-0.39, 0.29) is 23.1 Å². The fourth-order valence-electron chi connectivity index (χ4n) is 1.91. The fourth-order valence-corrected chi connectivity index (χ4v) is 2.04. The maximum absolute atomic E-state index is 9.70. The first-order valence-electron chi connectivity index (χ1n) is 4.92. The van der Waals surface area contributed by atoms with Crippen molar-refractivity contribution in [3.8, 4) is 0 Å². The molecule has 0 bridgehead atoms. The Kier molecular flexibility index (Phi) is 3.04. The lowest BCUT2D eigenvalue weighted by Gasteiger charge is -2.23. The van der Waals surface area contributed by atoms with Gasteiger partial charge in [-0.1, -0.05) is 16.8 Å². The molecule has 17 heavy (non-hydrogen) atoms. The van der Waals surface area contributed by atoms with E-state index in [9.17, 15) is 15.3 Å². The molecule has 6 N–H and O–H groups in total. The van der Waals surface area contributed by atoms with E-state index in [0.717, 1.165) is 5.01 Å². The van der Waals surface area contributed by atoms with Crippen molar-refractivity contribution < 1.29 is 15.3 Å². The Morgan fingerprint density at radius 3 is 2.47 bits per heavy atom. The van der Waals surface area contributed by atoms with E-state index in [0.29, 0.717) is 0 Å². The molecule has 2 aliphatic rings. The van der Waals surface area contributed by atoms with E-state index < -0.39 is 24.4 Å². The maximum Gasteiger partial charge on any atom is 0.174 e. The van der Waals surface area contributed by atoms with Crippen LogP contribution < -0.4 is 5.73 Å². The van der Waals surface area contributed by atoms with Crippen LogP contribution in [0.1, 0.15) is 6.42 Å². The minimum absolute atomic E-state index is 0.00902. The first-order valence-corrected chi connectivity index (χ1v) is 5.30. The van der Waals surface area contributed by atoms with Gasteiger partial charge in [-0.2, -0.15) is 0 Å². The van der Waals surface area contributed by atoms with Crippen molar-refractivity contribution in [3.05, 3.63) is 10.9 Å². The zero-order valence-electron chi connectivity index (χ0n) is 8.66. The van der Waals surface area contributed by atoms with Crippen molar-refractivity contribution in [3.63, 3.8) is 0 Å². The molecule has 0 amide bonds. The van der Waals surface area contributed by atoms with Crippen LogP contribution in [0.5, 0.6) is 0 Å². The molecule has 0 aromatic carbocycles. The number of aliphatic hydroxyl groups excluding tert-OH is 3. The molecule has 0 radical (unpaired) electrons. The van der Waals surface area contributed by atoms with Gasteiger partial charge in [0.2, 0.25) is 0 Å². The second-order valence-corrected chi connectivity index (χ2v) is 4.34. The zero-order chi connectivity index (χ0) is 12.7. The van der Waals surface area contributed by atoms with Crippen molar-refractivity contribution in [1.29, 1.82) is 5.41 Å². The summed E-state index contributed by atoms with van der Waals surface area (Å²) in [7, 11) is 0. The Hall–Kier alpha value is -1.22. The van der Waals surface area contributed by atoms with Crippen LogP contribution in [0.4, 0.5) is 0 Å². The fraction of sp³-hybridized carbons (Fsp3) is 0.625. The Morgan fingerprint density at radius 2 is 2.06 bits per heavy atom. The summed E-state index contributed by atoms with van der Waals surface area (Å²) in [5.41, 5.74) is 5.31. The van der Waals surface area contributed by atoms with Crippen LogP contribution in [0, 0.1) is 5.41 Å². The van der Waals surface area contributed by atoms with Crippen LogP contribution in [-0.4, -0.2) is 50.5 Å². The first-order chi connectivity index (χ1) is 7.93. The summed E-state index contributed by atoms with van der Waals surface area (Å²) in [5.74, 6) is -0.164. The van der Waals surface area contributed by atoms with E-state index in [1.165, 1.54) is 0 Å². The largest absolute Gasteiger partial charge is 0.390 e. The van der Waals surface area contributed by atoms with Crippen molar-refractivity contribution in [2.75, 3.05) is 0 Å². The monoisotopic (exact) mass is 261 g/mol. The molecule has 0 unspecified atom stereocenters. The molecule has 0 spiro atoms. The summed E-state index contributed by atoms with van der Waals surface area (Å²) in [5, 5.41) is 44.4. The van der Waals surface area contributed by atoms with E-state index in [2.05, 4.69) is 10.3 Å². The second kappa shape index (κ2) is 4.22. The van der Waals surface area contributed by atoms with Gasteiger partial charge in [0.25, 0.3) is 0 Å². The van der Waals surface area contributed by atoms with Gasteiger partial charge in [-0.15, -0.1) is 5.11 Å². The number of amidine groups is 1. The van der Waals surface area contributed by atoms with Gasteiger partial charge < -0.3 is 21.1 Å². The average Bonchev–Trinajstić information content (AvgIpc) is 2.75. The summed E-state index contributed by atoms with van der Waals surface area (Å²) >= 11 is 5.52. The molecular formula is C8H12ClN5O3. The lowest BCUT2D eigenvalue weighted by molar-refractivity contribution is -0.0275. The van der Waals surface area contributed by atoms with Gasteiger partial charge in [-0.25, -0.2) is 5.01 Å². The third-order valence-electron chi connectivity index (χ3n) is 2.86. The van der Waals surface area contributed by atoms with Crippen molar-refractivity contribution in [2.45, 2.75) is 30.8 Å². The highest BCUT2D eigenvalue weighted by Gasteiger charge is 2.46. The molecule has 1 fully saturated rings. The van der Waals surface area contributed by atoms with Crippen LogP contribution >= 0.6 is 11.6 Å². The highest BCUT2D eigenvalue weighted by atomic mass is 35.5. The molecule has 8 nitrogen and oxygen atoms in total. The summed E-state index contributed by atoms with van der Waals surface area (Å²) in [4.78, 5) is 0. The maximum atomic E-state index is 9.70. The Labute approximate surface area is 101 Å². The highest BCUT2D eigenvalue weighted by molar-refractivity contribution is 6.31. The SMILES string of the molecule is N=C1/C(=C(\N)Cl)N=NN1[C@@H]1C[C@H](O)[C@@H](O)[C@H]1O. The molecule has 1 saturated carbocycles. The molecule has 4 atom stereocenters. The molecule has 1 heterocycles. The standard InChI is InChI=1S/C8H12ClN5O3/c9-7(10)4-8(11)14(13-12-4)2-1-3(15)6(17)5(2)16/h2-3,5-6,11,15-17H,1,10H2/b7-4+,11-8?/t2-,3+,5+,6-/m1/s1. The summed E-state index contributed by atoms with van der Waals surface area (Å²) in [6.45, 7) is 0. The van der Waals surface area contributed by atoms with E-state index in [1.807, 2.05) is 0 Å². The third-order valence-corrected chi connectivity index (χ3v) is 3.04.